The smallest absolute Gasteiger partial charge is 0.277 e. The van der Waals surface area contributed by atoms with Gasteiger partial charge < -0.3 is 15.2 Å². The second kappa shape index (κ2) is 7.95. The number of nitrogens with zero attached hydrogens (tertiary/aromatic N) is 2. The molecule has 0 aliphatic carbocycles. The van der Waals surface area contributed by atoms with Crippen molar-refractivity contribution in [1.29, 1.82) is 0 Å². The van der Waals surface area contributed by atoms with Crippen LogP contribution in [0.2, 0.25) is 0 Å². The Morgan fingerprint density at radius 1 is 1.19 bits per heavy atom. The van der Waals surface area contributed by atoms with E-state index in [2.05, 4.69) is 15.3 Å². The molecule has 1 amide bonds. The molecule has 11 heteroatoms. The van der Waals surface area contributed by atoms with Crippen molar-refractivity contribution in [3.05, 3.63) is 63.5 Å². The number of thiazole rings is 1. The molecule has 31 heavy (non-hydrogen) atoms. The molecule has 9 nitrogen and oxygen atoms in total. The molecular weight excluding hydrogens is 440 g/mol. The van der Waals surface area contributed by atoms with Gasteiger partial charge in [-0.15, -0.1) is 0 Å². The quantitative estimate of drug-likeness (QED) is 0.491. The summed E-state index contributed by atoms with van der Waals surface area (Å²) in [4.78, 5) is 20.9. The number of nitrogens with one attached hydrogen (secondary N) is 1. The lowest BCUT2D eigenvalue weighted by molar-refractivity contribution is -0.114. The van der Waals surface area contributed by atoms with Crippen molar-refractivity contribution in [2.45, 2.75) is 4.90 Å². The SMILES string of the molecule is COc1ccc2c(c1)=NC(=O)/C(=C\c1sc(Nc3ccc(S(N)(=O)=O)cc3)nc1O)C=2. The Morgan fingerprint density at radius 3 is 2.61 bits per heavy atom. The summed E-state index contributed by atoms with van der Waals surface area (Å²) in [6.45, 7) is 0. The number of primary sulfonamides is 1. The molecule has 2 aromatic carbocycles. The van der Waals surface area contributed by atoms with Crippen molar-refractivity contribution in [3.8, 4) is 11.6 Å². The van der Waals surface area contributed by atoms with Gasteiger partial charge in [0.25, 0.3) is 5.91 Å². The van der Waals surface area contributed by atoms with Gasteiger partial charge in [0.1, 0.15) is 5.75 Å². The first-order valence-corrected chi connectivity index (χ1v) is 11.2. The largest absolute Gasteiger partial charge is 0.497 e. The van der Waals surface area contributed by atoms with Crippen LogP contribution in [0.1, 0.15) is 4.88 Å². The highest BCUT2D eigenvalue weighted by atomic mass is 32.2. The van der Waals surface area contributed by atoms with Crippen molar-refractivity contribution in [1.82, 2.24) is 4.98 Å². The molecule has 1 aliphatic rings. The monoisotopic (exact) mass is 456 g/mol. The van der Waals surface area contributed by atoms with E-state index >= 15 is 0 Å². The lowest BCUT2D eigenvalue weighted by atomic mass is 10.1. The van der Waals surface area contributed by atoms with Crippen LogP contribution in [0, 0.1) is 0 Å². The Balaban J connectivity index is 1.61. The van der Waals surface area contributed by atoms with Gasteiger partial charge in [-0.05, 0) is 48.6 Å². The van der Waals surface area contributed by atoms with E-state index in [1.807, 2.05) is 0 Å². The molecule has 1 aliphatic heterocycles. The van der Waals surface area contributed by atoms with Gasteiger partial charge in [0.15, 0.2) is 5.13 Å². The fraction of sp³-hybridized carbons (Fsp3) is 0.0500. The number of rotatable bonds is 5. The summed E-state index contributed by atoms with van der Waals surface area (Å²) in [6, 6.07) is 11.0. The van der Waals surface area contributed by atoms with Gasteiger partial charge in [-0.1, -0.05) is 11.3 Å². The van der Waals surface area contributed by atoms with Crippen LogP contribution in [-0.4, -0.2) is 31.5 Å². The van der Waals surface area contributed by atoms with Gasteiger partial charge >= 0.3 is 0 Å². The number of carbonyl (C=O) groups is 1. The Hall–Kier alpha value is -3.54. The van der Waals surface area contributed by atoms with Crippen molar-refractivity contribution < 1.29 is 23.1 Å². The van der Waals surface area contributed by atoms with Gasteiger partial charge in [-0.3, -0.25) is 4.79 Å². The van der Waals surface area contributed by atoms with Crippen LogP contribution < -0.4 is 25.8 Å². The van der Waals surface area contributed by atoms with E-state index in [0.717, 1.165) is 16.6 Å². The molecule has 0 saturated carbocycles. The predicted molar refractivity (Wildman–Crippen MR) is 116 cm³/mol. The maximum absolute atomic E-state index is 12.4. The zero-order valence-corrected chi connectivity index (χ0v) is 17.7. The molecule has 158 valence electrons. The summed E-state index contributed by atoms with van der Waals surface area (Å²) < 4.78 is 27.8. The maximum Gasteiger partial charge on any atom is 0.277 e. The van der Waals surface area contributed by atoms with Gasteiger partial charge in [0.2, 0.25) is 15.9 Å². The average molecular weight is 457 g/mol. The second-order valence-corrected chi connectivity index (χ2v) is 9.08. The van der Waals surface area contributed by atoms with Gasteiger partial charge in [-0.25, -0.2) is 18.5 Å². The van der Waals surface area contributed by atoms with Crippen LogP contribution in [0.5, 0.6) is 11.6 Å². The summed E-state index contributed by atoms with van der Waals surface area (Å²) >= 11 is 1.12. The minimum Gasteiger partial charge on any atom is -0.497 e. The number of nitrogens with two attached hydrogens (primary N) is 1. The van der Waals surface area contributed by atoms with E-state index in [0.29, 0.717) is 32.4 Å². The maximum atomic E-state index is 12.4. The number of ether oxygens (including phenoxy) is 1. The first-order valence-electron chi connectivity index (χ1n) is 8.83. The summed E-state index contributed by atoms with van der Waals surface area (Å²) in [7, 11) is -2.25. The summed E-state index contributed by atoms with van der Waals surface area (Å²) in [5.41, 5.74) is 0.860. The Kier molecular flexibility index (Phi) is 5.31. The number of methoxy groups -OCH3 is 1. The first kappa shape index (κ1) is 20.7. The van der Waals surface area contributed by atoms with Gasteiger partial charge in [0.05, 0.1) is 22.2 Å². The normalized spacial score (nSPS) is 14.5. The van der Waals surface area contributed by atoms with Crippen molar-refractivity contribution in [2.24, 2.45) is 10.1 Å². The standard InChI is InChI=1S/C20H16N4O5S2/c1-29-14-5-2-11-8-12(18(25)23-16(11)10-14)9-17-19(26)24-20(30-17)22-13-3-6-15(7-4-13)31(21,27)28/h2-10,26H,1H3,(H,22,24)(H2,21,27,28)/b12-9-. The number of carbonyl (C=O) groups excluding carboxylic acids is 1. The van der Waals surface area contributed by atoms with Crippen LogP contribution in [-0.2, 0) is 14.8 Å². The zero-order valence-electron chi connectivity index (χ0n) is 16.1. The van der Waals surface area contributed by atoms with Crippen LogP contribution in [0.4, 0.5) is 10.8 Å². The number of aromatic nitrogens is 1. The molecule has 0 fully saturated rings. The Labute approximate surface area is 180 Å². The number of benzene rings is 2. The predicted octanol–water partition coefficient (Wildman–Crippen LogP) is 1.27. The third-order valence-electron chi connectivity index (χ3n) is 4.37. The molecule has 0 atom stereocenters. The number of hydrogen-bond acceptors (Lipinski definition) is 8. The van der Waals surface area contributed by atoms with E-state index in [9.17, 15) is 18.3 Å². The molecule has 3 aromatic rings. The Bertz CT molecular complexity index is 1440. The number of fused-ring (bicyclic) bond motifs is 1. The molecule has 2 heterocycles. The van der Waals surface area contributed by atoms with E-state index in [-0.39, 0.29) is 10.8 Å². The highest BCUT2D eigenvalue weighted by Crippen LogP contribution is 2.32. The lowest BCUT2D eigenvalue weighted by Gasteiger charge is -2.04. The molecule has 4 N–H and O–H groups in total. The number of amides is 1. The molecule has 0 bridgehead atoms. The van der Waals surface area contributed by atoms with E-state index in [4.69, 9.17) is 9.88 Å². The Morgan fingerprint density at radius 2 is 1.94 bits per heavy atom. The molecule has 4 rings (SSSR count). The molecule has 1 aromatic heterocycles. The summed E-state index contributed by atoms with van der Waals surface area (Å²) in [5, 5.41) is 19.9. The van der Waals surface area contributed by atoms with Crippen LogP contribution in [0.15, 0.2) is 57.9 Å². The first-order chi connectivity index (χ1) is 14.7. The topological polar surface area (TPSA) is 144 Å². The van der Waals surface area contributed by atoms with Crippen molar-refractivity contribution >= 4 is 50.2 Å². The molecule has 0 saturated heterocycles. The van der Waals surface area contributed by atoms with Crippen LogP contribution in [0.3, 0.4) is 0 Å². The van der Waals surface area contributed by atoms with Crippen molar-refractivity contribution in [2.75, 3.05) is 12.4 Å². The van der Waals surface area contributed by atoms with Crippen LogP contribution in [0.25, 0.3) is 12.2 Å². The third kappa shape index (κ3) is 4.48. The highest BCUT2D eigenvalue weighted by Gasteiger charge is 2.15. The molecular formula is C20H16N4O5S2. The average Bonchev–Trinajstić information content (AvgIpc) is 3.06. The van der Waals surface area contributed by atoms with E-state index in [1.165, 1.54) is 37.5 Å². The number of anilines is 2. The highest BCUT2D eigenvalue weighted by molar-refractivity contribution is 7.89. The molecule has 0 unspecified atom stereocenters. The van der Waals surface area contributed by atoms with Crippen LogP contribution >= 0.6 is 11.3 Å². The minimum atomic E-state index is -3.78. The third-order valence-corrected chi connectivity index (χ3v) is 6.21. The summed E-state index contributed by atoms with van der Waals surface area (Å²) in [5.74, 6) is -0.0893. The number of aromatic hydroxyl groups is 1. The lowest BCUT2D eigenvalue weighted by Crippen LogP contribution is -2.30. The second-order valence-electron chi connectivity index (χ2n) is 6.49. The fourth-order valence-electron chi connectivity index (χ4n) is 2.84. The van der Waals surface area contributed by atoms with Crippen molar-refractivity contribution in [3.63, 3.8) is 0 Å². The van der Waals surface area contributed by atoms with E-state index in [1.54, 1.807) is 24.3 Å². The minimum absolute atomic E-state index is 0.0153. The number of hydrogen-bond donors (Lipinski definition) is 3. The fourth-order valence-corrected chi connectivity index (χ4v) is 4.19. The van der Waals surface area contributed by atoms with E-state index < -0.39 is 15.9 Å². The zero-order chi connectivity index (χ0) is 22.2. The molecule has 0 radical (unpaired) electrons. The van der Waals surface area contributed by atoms with Gasteiger partial charge in [-0.2, -0.15) is 4.98 Å². The number of sulfonamides is 1. The summed E-state index contributed by atoms with van der Waals surface area (Å²) in [6.07, 6.45) is 3.20. The van der Waals surface area contributed by atoms with Gasteiger partial charge in [0, 0.05) is 22.5 Å². The molecule has 0 spiro atoms.